The van der Waals surface area contributed by atoms with Gasteiger partial charge in [-0.1, -0.05) is 12.1 Å². The van der Waals surface area contributed by atoms with Crippen LogP contribution in [0.25, 0.3) is 16.9 Å². The highest BCUT2D eigenvalue weighted by Crippen LogP contribution is 2.22. The van der Waals surface area contributed by atoms with Crippen molar-refractivity contribution in [1.82, 2.24) is 19.5 Å². The summed E-state index contributed by atoms with van der Waals surface area (Å²) in [7, 11) is -4.96. The van der Waals surface area contributed by atoms with Gasteiger partial charge in [-0.25, -0.2) is 4.98 Å². The van der Waals surface area contributed by atoms with Crippen LogP contribution in [0.15, 0.2) is 58.5 Å². The van der Waals surface area contributed by atoms with Crippen LogP contribution in [0.1, 0.15) is 15.9 Å². The first-order valence-corrected chi connectivity index (χ1v) is 10.2. The maximum atomic E-state index is 13.4. The number of hydrogen-bond acceptors (Lipinski definition) is 7. The maximum absolute atomic E-state index is 13.4. The fraction of sp³-hybridized carbons (Fsp3) is 0.0526. The average Bonchev–Trinajstić information content (AvgIpc) is 3.11. The summed E-state index contributed by atoms with van der Waals surface area (Å²) in [5.74, 6) is -0.696. The predicted octanol–water partition coefficient (Wildman–Crippen LogP) is 1.91. The summed E-state index contributed by atoms with van der Waals surface area (Å²) < 4.78 is 37.5. The molecule has 0 radical (unpaired) electrons. The number of fused-ring (bicyclic) bond motifs is 1. The molecule has 1 amide bonds. The number of nitrogens with one attached hydrogen (secondary N) is 2. The lowest BCUT2D eigenvalue weighted by Gasteiger charge is -2.10. The molecule has 0 unspecified atom stereocenters. The van der Waals surface area contributed by atoms with E-state index in [-0.39, 0.29) is 28.2 Å². The quantitative estimate of drug-likeness (QED) is 0.408. The SMILES string of the molecule is Cc1ccc(C(=O)Nc2cccc(-n3cnc4c(=O)[nH]c(N)nc43)c2)cc1S(=O)(=O)F. The summed E-state index contributed by atoms with van der Waals surface area (Å²) in [6, 6.07) is 10.3. The van der Waals surface area contributed by atoms with Gasteiger partial charge in [0.1, 0.15) is 11.2 Å². The summed E-state index contributed by atoms with van der Waals surface area (Å²) in [6.45, 7) is 1.43. The molecular formula is C19H15FN6O4S. The zero-order chi connectivity index (χ0) is 22.3. The van der Waals surface area contributed by atoms with Crippen molar-refractivity contribution in [2.75, 3.05) is 11.1 Å². The molecule has 2 heterocycles. The lowest BCUT2D eigenvalue weighted by molar-refractivity contribution is 0.102. The Hall–Kier alpha value is -4.06. The first kappa shape index (κ1) is 20.2. The Bertz CT molecular complexity index is 1510. The highest BCUT2D eigenvalue weighted by molar-refractivity contribution is 7.86. The molecule has 2 aromatic carbocycles. The number of nitrogens with two attached hydrogens (primary N) is 1. The minimum atomic E-state index is -4.96. The van der Waals surface area contributed by atoms with E-state index in [0.29, 0.717) is 11.4 Å². The third-order valence-electron chi connectivity index (χ3n) is 4.52. The first-order valence-electron chi connectivity index (χ1n) is 8.83. The fourth-order valence-electron chi connectivity index (χ4n) is 3.06. The monoisotopic (exact) mass is 442 g/mol. The van der Waals surface area contributed by atoms with Crippen molar-refractivity contribution in [3.05, 3.63) is 70.3 Å². The second-order valence-electron chi connectivity index (χ2n) is 6.66. The van der Waals surface area contributed by atoms with Gasteiger partial charge in [0.2, 0.25) is 5.95 Å². The van der Waals surface area contributed by atoms with E-state index in [1.54, 1.807) is 24.3 Å². The van der Waals surface area contributed by atoms with Crippen molar-refractivity contribution in [3.63, 3.8) is 0 Å². The van der Waals surface area contributed by atoms with Crippen molar-refractivity contribution in [3.8, 4) is 5.69 Å². The molecule has 158 valence electrons. The molecule has 4 N–H and O–H groups in total. The fourth-order valence-corrected chi connectivity index (χ4v) is 3.78. The number of anilines is 2. The number of rotatable bonds is 4. The number of benzene rings is 2. The predicted molar refractivity (Wildman–Crippen MR) is 111 cm³/mol. The van der Waals surface area contributed by atoms with Crippen LogP contribution in [0.5, 0.6) is 0 Å². The van der Waals surface area contributed by atoms with E-state index in [4.69, 9.17) is 5.73 Å². The Balaban J connectivity index is 1.68. The van der Waals surface area contributed by atoms with E-state index in [1.807, 2.05) is 0 Å². The summed E-state index contributed by atoms with van der Waals surface area (Å²) >= 11 is 0. The first-order chi connectivity index (χ1) is 14.6. The lowest BCUT2D eigenvalue weighted by atomic mass is 10.1. The number of H-pyrrole nitrogens is 1. The minimum Gasteiger partial charge on any atom is -0.369 e. The standard InChI is InChI=1S/C19H15FN6O4S/c1-10-5-6-11(7-14(10)31(20,29)30)17(27)23-12-3-2-4-13(8-12)26-9-22-15-16(26)24-19(21)25-18(15)28/h2-9H,1H3,(H,23,27)(H3,21,24,25,28). The highest BCUT2D eigenvalue weighted by atomic mass is 32.3. The van der Waals surface area contributed by atoms with E-state index < -0.39 is 26.6 Å². The van der Waals surface area contributed by atoms with Gasteiger partial charge in [-0.05, 0) is 42.8 Å². The molecular weight excluding hydrogens is 427 g/mol. The molecule has 0 aliphatic rings. The number of aromatic amines is 1. The van der Waals surface area contributed by atoms with Gasteiger partial charge in [-0.2, -0.15) is 13.4 Å². The Morgan fingerprint density at radius 3 is 2.74 bits per heavy atom. The average molecular weight is 442 g/mol. The van der Waals surface area contributed by atoms with Crippen LogP contribution in [0, 0.1) is 6.92 Å². The van der Waals surface area contributed by atoms with E-state index in [2.05, 4.69) is 20.3 Å². The minimum absolute atomic E-state index is 0.0266. The van der Waals surface area contributed by atoms with E-state index >= 15 is 0 Å². The zero-order valence-corrected chi connectivity index (χ0v) is 16.8. The molecule has 4 rings (SSSR count). The van der Waals surface area contributed by atoms with Crippen LogP contribution in [0.3, 0.4) is 0 Å². The molecule has 0 aliphatic heterocycles. The van der Waals surface area contributed by atoms with Crippen molar-refractivity contribution in [2.45, 2.75) is 11.8 Å². The number of carbonyl (C=O) groups is 1. The summed E-state index contributed by atoms with van der Waals surface area (Å²) in [4.78, 5) is 34.5. The van der Waals surface area contributed by atoms with Gasteiger partial charge in [-0.3, -0.25) is 19.1 Å². The maximum Gasteiger partial charge on any atom is 0.332 e. The van der Waals surface area contributed by atoms with E-state index in [0.717, 1.165) is 6.07 Å². The molecule has 0 spiro atoms. The molecule has 0 saturated carbocycles. The van der Waals surface area contributed by atoms with Crippen molar-refractivity contribution in [1.29, 1.82) is 0 Å². The Morgan fingerprint density at radius 2 is 2.00 bits per heavy atom. The molecule has 4 aromatic rings. The molecule has 0 fully saturated rings. The normalized spacial score (nSPS) is 11.5. The van der Waals surface area contributed by atoms with Crippen LogP contribution < -0.4 is 16.6 Å². The Kier molecular flexibility index (Phi) is 4.78. The molecule has 0 atom stereocenters. The topological polar surface area (TPSA) is 153 Å². The number of imidazole rings is 1. The number of halogens is 1. The van der Waals surface area contributed by atoms with Crippen molar-refractivity contribution < 1.29 is 17.1 Å². The molecule has 0 saturated heterocycles. The van der Waals surface area contributed by atoms with Crippen molar-refractivity contribution in [2.24, 2.45) is 0 Å². The number of nitrogen functional groups attached to an aromatic ring is 1. The second-order valence-corrected chi connectivity index (χ2v) is 7.98. The number of aryl methyl sites for hydroxylation is 1. The zero-order valence-electron chi connectivity index (χ0n) is 16.0. The number of amides is 1. The molecule has 0 aliphatic carbocycles. The third kappa shape index (κ3) is 3.88. The largest absolute Gasteiger partial charge is 0.369 e. The van der Waals surface area contributed by atoms with Crippen LogP contribution in [0.4, 0.5) is 15.5 Å². The highest BCUT2D eigenvalue weighted by Gasteiger charge is 2.18. The van der Waals surface area contributed by atoms with E-state index in [9.17, 15) is 21.9 Å². The Labute approximate surface area is 174 Å². The molecule has 2 aromatic heterocycles. The smallest absolute Gasteiger partial charge is 0.332 e. The van der Waals surface area contributed by atoms with Gasteiger partial charge in [0.05, 0.1) is 5.69 Å². The van der Waals surface area contributed by atoms with Crippen LogP contribution in [0.2, 0.25) is 0 Å². The summed E-state index contributed by atoms with van der Waals surface area (Å²) in [5.41, 5.74) is 6.53. The Morgan fingerprint density at radius 1 is 1.23 bits per heavy atom. The summed E-state index contributed by atoms with van der Waals surface area (Å²) in [5, 5.41) is 2.63. The van der Waals surface area contributed by atoms with Crippen LogP contribution >= 0.6 is 0 Å². The second kappa shape index (κ2) is 7.32. The number of nitrogens with zero attached hydrogens (tertiary/aromatic N) is 3. The molecule has 10 nitrogen and oxygen atoms in total. The van der Waals surface area contributed by atoms with Gasteiger partial charge in [0.25, 0.3) is 11.5 Å². The number of hydrogen-bond donors (Lipinski definition) is 3. The van der Waals surface area contributed by atoms with Crippen molar-refractivity contribution >= 4 is 38.9 Å². The van der Waals surface area contributed by atoms with Gasteiger partial charge in [-0.15, -0.1) is 3.89 Å². The number of aromatic nitrogens is 4. The third-order valence-corrected chi connectivity index (χ3v) is 5.49. The van der Waals surface area contributed by atoms with Gasteiger partial charge in [0, 0.05) is 11.3 Å². The lowest BCUT2D eigenvalue weighted by Crippen LogP contribution is -2.13. The van der Waals surface area contributed by atoms with Gasteiger partial charge in [0.15, 0.2) is 11.2 Å². The number of carbonyl (C=O) groups excluding carboxylic acids is 1. The summed E-state index contributed by atoms with van der Waals surface area (Å²) in [6.07, 6.45) is 1.39. The van der Waals surface area contributed by atoms with E-state index in [1.165, 1.54) is 30.0 Å². The molecule has 12 heteroatoms. The molecule has 31 heavy (non-hydrogen) atoms. The van der Waals surface area contributed by atoms with Crippen LogP contribution in [-0.4, -0.2) is 33.8 Å². The van der Waals surface area contributed by atoms with Gasteiger partial charge < -0.3 is 11.1 Å². The van der Waals surface area contributed by atoms with Crippen LogP contribution in [-0.2, 0) is 10.2 Å². The van der Waals surface area contributed by atoms with Gasteiger partial charge >= 0.3 is 10.2 Å². The molecule has 0 bridgehead atoms.